The van der Waals surface area contributed by atoms with Crippen molar-refractivity contribution in [2.45, 2.75) is 39.0 Å². The van der Waals surface area contributed by atoms with E-state index in [1.807, 2.05) is 18.2 Å². The molecule has 0 aliphatic heterocycles. The molecule has 0 aliphatic carbocycles. The molecule has 0 heteroatoms. The first-order chi connectivity index (χ1) is 6.41. The fourth-order valence-corrected chi connectivity index (χ4v) is 0.990. The summed E-state index contributed by atoms with van der Waals surface area (Å²) in [6.45, 7) is 5.94. The van der Waals surface area contributed by atoms with Crippen LogP contribution >= 0.6 is 0 Å². The van der Waals surface area contributed by atoms with Crippen molar-refractivity contribution in [2.75, 3.05) is 0 Å². The van der Waals surface area contributed by atoms with Crippen LogP contribution in [-0.2, 0) is 0 Å². The van der Waals surface area contributed by atoms with Crippen molar-refractivity contribution in [2.24, 2.45) is 0 Å². The van der Waals surface area contributed by atoms with Crippen LogP contribution in [0.3, 0.4) is 0 Å². The molecule has 0 rings (SSSR count). The Balaban J connectivity index is 3.29. The summed E-state index contributed by atoms with van der Waals surface area (Å²) in [6, 6.07) is 0. The fraction of sp³-hybridized carbons (Fsp3) is 0.462. The van der Waals surface area contributed by atoms with Gasteiger partial charge >= 0.3 is 0 Å². The number of unbranched alkanes of at least 4 members (excludes halogenated alkanes) is 3. The molecule has 0 saturated carbocycles. The lowest BCUT2D eigenvalue weighted by molar-refractivity contribution is 0.729. The summed E-state index contributed by atoms with van der Waals surface area (Å²) in [7, 11) is 0. The quantitative estimate of drug-likeness (QED) is 0.398. The third-order valence-corrected chi connectivity index (χ3v) is 1.75. The molecule has 0 atom stereocenters. The van der Waals surface area contributed by atoms with Gasteiger partial charge in [0.2, 0.25) is 0 Å². The molecule has 0 heterocycles. The Morgan fingerprint density at radius 1 is 0.923 bits per heavy atom. The van der Waals surface area contributed by atoms with Gasteiger partial charge in [-0.2, -0.15) is 0 Å². The number of allylic oxidation sites excluding steroid dienone is 6. The molecule has 0 aromatic heterocycles. The Morgan fingerprint density at radius 3 is 2.23 bits per heavy atom. The largest absolute Gasteiger partial charge is 0.0845 e. The van der Waals surface area contributed by atoms with E-state index in [-0.39, 0.29) is 0 Å². The zero-order valence-corrected chi connectivity index (χ0v) is 8.71. The highest BCUT2D eigenvalue weighted by molar-refractivity contribution is 5.10. The monoisotopic (exact) mass is 177 g/mol. The van der Waals surface area contributed by atoms with Gasteiger partial charge in [-0.15, -0.1) is 0 Å². The Morgan fingerprint density at radius 2 is 1.62 bits per heavy atom. The summed E-state index contributed by atoms with van der Waals surface area (Å²) in [6.07, 6.45) is 18.6. The minimum absolute atomic E-state index is 0.866. The number of rotatable bonds is 7. The number of hydrogen-bond acceptors (Lipinski definition) is 0. The van der Waals surface area contributed by atoms with Crippen LogP contribution in [0.1, 0.15) is 39.0 Å². The molecule has 0 bridgehead atoms. The second kappa shape index (κ2) is 11.2. The van der Waals surface area contributed by atoms with E-state index in [0.29, 0.717) is 0 Å². The van der Waals surface area contributed by atoms with Crippen LogP contribution in [-0.4, -0.2) is 0 Å². The number of hydrogen-bond donors (Lipinski definition) is 0. The third-order valence-electron chi connectivity index (χ3n) is 1.75. The maximum absolute atomic E-state index is 3.71. The van der Waals surface area contributed by atoms with Crippen molar-refractivity contribution in [3.63, 3.8) is 0 Å². The van der Waals surface area contributed by atoms with Gasteiger partial charge in [0, 0.05) is 0 Å². The predicted octanol–water partition coefficient (Wildman–Crippen LogP) is 4.46. The van der Waals surface area contributed by atoms with Gasteiger partial charge in [-0.3, -0.25) is 0 Å². The lowest BCUT2D eigenvalue weighted by Gasteiger charge is -1.89. The highest BCUT2D eigenvalue weighted by Crippen LogP contribution is 1.99. The van der Waals surface area contributed by atoms with Gasteiger partial charge in [-0.1, -0.05) is 56.2 Å². The van der Waals surface area contributed by atoms with Gasteiger partial charge in [-0.05, 0) is 26.2 Å². The predicted molar refractivity (Wildman–Crippen MR) is 61.5 cm³/mol. The standard InChI is InChI=1S/C13H21/c1-3-5-7-9-11-13-12-10-8-6-4-2/h5,7,9,11-13H,1,3-4,6,8,10H2,2H3. The lowest BCUT2D eigenvalue weighted by Crippen LogP contribution is -1.69. The molecular formula is C13H21. The average Bonchev–Trinajstić information content (AvgIpc) is 2.16. The second-order valence-corrected chi connectivity index (χ2v) is 3.03. The summed E-state index contributed by atoms with van der Waals surface area (Å²) < 4.78 is 0. The molecule has 0 fully saturated rings. The zero-order valence-electron chi connectivity index (χ0n) is 8.71. The summed E-state index contributed by atoms with van der Waals surface area (Å²) in [5.74, 6) is 0. The van der Waals surface area contributed by atoms with E-state index in [1.54, 1.807) is 0 Å². The topological polar surface area (TPSA) is 0 Å². The Kier molecular flexibility index (Phi) is 10.5. The van der Waals surface area contributed by atoms with Gasteiger partial charge in [0.1, 0.15) is 0 Å². The third kappa shape index (κ3) is 11.2. The van der Waals surface area contributed by atoms with Crippen LogP contribution in [0, 0.1) is 6.92 Å². The van der Waals surface area contributed by atoms with Crippen molar-refractivity contribution in [1.29, 1.82) is 0 Å². The van der Waals surface area contributed by atoms with Crippen LogP contribution in [0.2, 0.25) is 0 Å². The SMILES string of the molecule is [CH2]CC=CC=CC=CCCCCC. The molecule has 0 aromatic carbocycles. The molecule has 1 radical (unpaired) electrons. The normalized spacial score (nSPS) is 12.5. The summed E-state index contributed by atoms with van der Waals surface area (Å²) in [5, 5.41) is 0. The summed E-state index contributed by atoms with van der Waals surface area (Å²) in [4.78, 5) is 0. The van der Waals surface area contributed by atoms with Crippen LogP contribution < -0.4 is 0 Å². The Labute approximate surface area is 83.0 Å². The van der Waals surface area contributed by atoms with E-state index < -0.39 is 0 Å². The molecule has 0 unspecified atom stereocenters. The maximum atomic E-state index is 3.71. The molecule has 73 valence electrons. The molecular weight excluding hydrogens is 156 g/mol. The van der Waals surface area contributed by atoms with E-state index in [1.165, 1.54) is 25.7 Å². The highest BCUT2D eigenvalue weighted by Gasteiger charge is 1.79. The lowest BCUT2D eigenvalue weighted by atomic mass is 10.2. The molecule has 0 N–H and O–H groups in total. The molecule has 0 aromatic rings. The molecule has 0 spiro atoms. The first-order valence-electron chi connectivity index (χ1n) is 5.19. The van der Waals surface area contributed by atoms with Crippen LogP contribution in [0.5, 0.6) is 0 Å². The fourth-order valence-electron chi connectivity index (χ4n) is 0.990. The zero-order chi connectivity index (χ0) is 9.78. The van der Waals surface area contributed by atoms with Gasteiger partial charge in [0.05, 0.1) is 0 Å². The van der Waals surface area contributed by atoms with Crippen LogP contribution in [0.4, 0.5) is 0 Å². The van der Waals surface area contributed by atoms with Crippen molar-refractivity contribution in [3.05, 3.63) is 43.4 Å². The van der Waals surface area contributed by atoms with Crippen LogP contribution in [0.25, 0.3) is 0 Å². The first-order valence-corrected chi connectivity index (χ1v) is 5.19. The van der Waals surface area contributed by atoms with E-state index in [9.17, 15) is 0 Å². The van der Waals surface area contributed by atoms with Crippen molar-refractivity contribution in [3.8, 4) is 0 Å². The minimum Gasteiger partial charge on any atom is -0.0845 e. The minimum atomic E-state index is 0.866. The smallest absolute Gasteiger partial charge is 0.0347 e. The van der Waals surface area contributed by atoms with E-state index in [0.717, 1.165) is 6.42 Å². The average molecular weight is 177 g/mol. The second-order valence-electron chi connectivity index (χ2n) is 3.03. The summed E-state index contributed by atoms with van der Waals surface area (Å²) in [5.41, 5.74) is 0. The van der Waals surface area contributed by atoms with Crippen molar-refractivity contribution < 1.29 is 0 Å². The first kappa shape index (κ1) is 12.2. The van der Waals surface area contributed by atoms with E-state index in [2.05, 4.69) is 32.1 Å². The molecule has 0 amide bonds. The van der Waals surface area contributed by atoms with Gasteiger partial charge in [0.15, 0.2) is 0 Å². The van der Waals surface area contributed by atoms with Gasteiger partial charge in [-0.25, -0.2) is 0 Å². The van der Waals surface area contributed by atoms with E-state index in [4.69, 9.17) is 0 Å². The Bertz CT molecular complexity index is 161. The molecule has 13 heavy (non-hydrogen) atoms. The maximum Gasteiger partial charge on any atom is -0.0347 e. The molecule has 0 aliphatic rings. The van der Waals surface area contributed by atoms with Crippen molar-refractivity contribution in [1.82, 2.24) is 0 Å². The van der Waals surface area contributed by atoms with E-state index >= 15 is 0 Å². The summed E-state index contributed by atoms with van der Waals surface area (Å²) >= 11 is 0. The Hall–Kier alpha value is -0.780. The van der Waals surface area contributed by atoms with Gasteiger partial charge < -0.3 is 0 Å². The van der Waals surface area contributed by atoms with Gasteiger partial charge in [0.25, 0.3) is 0 Å². The molecule has 0 nitrogen and oxygen atoms in total. The van der Waals surface area contributed by atoms with Crippen molar-refractivity contribution >= 4 is 0 Å². The van der Waals surface area contributed by atoms with Crippen LogP contribution in [0.15, 0.2) is 36.5 Å². The highest BCUT2D eigenvalue weighted by atomic mass is 13.9. The molecule has 0 saturated heterocycles.